The van der Waals surface area contributed by atoms with Crippen LogP contribution in [0.3, 0.4) is 0 Å². The first-order valence-corrected chi connectivity index (χ1v) is 7.62. The number of aromatic nitrogens is 3. The lowest BCUT2D eigenvalue weighted by atomic mass is 10.4. The third-order valence-electron chi connectivity index (χ3n) is 2.86. The maximum absolute atomic E-state index is 12.5. The number of pyridine rings is 1. The maximum Gasteiger partial charge on any atom is 0.269 e. The van der Waals surface area contributed by atoms with Gasteiger partial charge in [-0.1, -0.05) is 6.92 Å². The smallest absolute Gasteiger partial charge is 0.269 e. The highest BCUT2D eigenvalue weighted by Gasteiger charge is 2.26. The SMILES string of the molecule is CCCn1cc(S(=O)(=O)N(C)c2cccnc2)c(N)n1. The van der Waals surface area contributed by atoms with Crippen molar-refractivity contribution >= 4 is 21.5 Å². The van der Waals surface area contributed by atoms with Crippen LogP contribution in [0.15, 0.2) is 35.6 Å². The number of nitrogens with two attached hydrogens (primary N) is 1. The van der Waals surface area contributed by atoms with Gasteiger partial charge in [-0.2, -0.15) is 5.10 Å². The molecule has 0 aliphatic carbocycles. The Morgan fingerprint density at radius 3 is 2.80 bits per heavy atom. The van der Waals surface area contributed by atoms with Gasteiger partial charge in [-0.15, -0.1) is 0 Å². The second-order valence-electron chi connectivity index (χ2n) is 4.33. The van der Waals surface area contributed by atoms with Crippen molar-refractivity contribution in [2.24, 2.45) is 0 Å². The summed E-state index contributed by atoms with van der Waals surface area (Å²) in [5, 5.41) is 4.02. The Hall–Kier alpha value is -2.09. The Morgan fingerprint density at radius 2 is 2.20 bits per heavy atom. The molecule has 0 aromatic carbocycles. The molecule has 0 radical (unpaired) electrons. The van der Waals surface area contributed by atoms with E-state index in [1.807, 2.05) is 6.92 Å². The van der Waals surface area contributed by atoms with Crippen molar-refractivity contribution in [1.29, 1.82) is 0 Å². The van der Waals surface area contributed by atoms with Crippen molar-refractivity contribution in [3.63, 3.8) is 0 Å². The van der Waals surface area contributed by atoms with Crippen molar-refractivity contribution in [3.05, 3.63) is 30.7 Å². The number of anilines is 2. The molecule has 0 amide bonds. The van der Waals surface area contributed by atoms with Crippen LogP contribution in [0.4, 0.5) is 11.5 Å². The number of sulfonamides is 1. The van der Waals surface area contributed by atoms with E-state index in [0.29, 0.717) is 12.2 Å². The topological polar surface area (TPSA) is 94.1 Å². The van der Waals surface area contributed by atoms with Crippen LogP contribution in [0.5, 0.6) is 0 Å². The number of rotatable bonds is 5. The fourth-order valence-corrected chi connectivity index (χ4v) is 3.03. The number of nitrogens with zero attached hydrogens (tertiary/aromatic N) is 4. The van der Waals surface area contributed by atoms with Gasteiger partial charge >= 0.3 is 0 Å². The minimum atomic E-state index is -3.74. The van der Waals surface area contributed by atoms with Crippen LogP contribution in [0.2, 0.25) is 0 Å². The lowest BCUT2D eigenvalue weighted by Crippen LogP contribution is -2.27. The fraction of sp³-hybridized carbons (Fsp3) is 0.333. The summed E-state index contributed by atoms with van der Waals surface area (Å²) < 4.78 is 27.8. The quantitative estimate of drug-likeness (QED) is 0.891. The number of aryl methyl sites for hydroxylation is 1. The first-order valence-electron chi connectivity index (χ1n) is 6.18. The summed E-state index contributed by atoms with van der Waals surface area (Å²) in [6.45, 7) is 2.60. The molecule has 2 rings (SSSR count). The zero-order chi connectivity index (χ0) is 14.8. The van der Waals surface area contributed by atoms with Crippen LogP contribution in [0.1, 0.15) is 13.3 Å². The van der Waals surface area contributed by atoms with Crippen LogP contribution < -0.4 is 10.0 Å². The first-order chi connectivity index (χ1) is 9.46. The van der Waals surface area contributed by atoms with Crippen molar-refractivity contribution in [2.75, 3.05) is 17.1 Å². The fourth-order valence-electron chi connectivity index (χ4n) is 1.79. The summed E-state index contributed by atoms with van der Waals surface area (Å²) in [5.41, 5.74) is 6.19. The molecule has 2 heterocycles. The monoisotopic (exact) mass is 295 g/mol. The van der Waals surface area contributed by atoms with Gasteiger partial charge in [0, 0.05) is 26.0 Å². The van der Waals surface area contributed by atoms with E-state index in [-0.39, 0.29) is 10.7 Å². The Balaban J connectivity index is 2.40. The van der Waals surface area contributed by atoms with Gasteiger partial charge in [0.2, 0.25) is 0 Å². The van der Waals surface area contributed by atoms with Gasteiger partial charge in [0.05, 0.1) is 11.9 Å². The van der Waals surface area contributed by atoms with E-state index in [1.165, 1.54) is 19.4 Å². The second kappa shape index (κ2) is 5.49. The molecule has 0 saturated heterocycles. The average Bonchev–Trinajstić information content (AvgIpc) is 2.81. The van der Waals surface area contributed by atoms with Crippen molar-refractivity contribution in [1.82, 2.24) is 14.8 Å². The highest BCUT2D eigenvalue weighted by molar-refractivity contribution is 7.93. The van der Waals surface area contributed by atoms with Crippen molar-refractivity contribution in [3.8, 4) is 0 Å². The number of nitrogen functional groups attached to an aromatic ring is 1. The van der Waals surface area contributed by atoms with Gasteiger partial charge in [0.15, 0.2) is 5.82 Å². The average molecular weight is 295 g/mol. The molecule has 0 saturated carbocycles. The van der Waals surface area contributed by atoms with E-state index in [2.05, 4.69) is 10.1 Å². The molecule has 0 unspecified atom stereocenters. The minimum absolute atomic E-state index is 0.00851. The van der Waals surface area contributed by atoms with Crippen LogP contribution in [-0.2, 0) is 16.6 Å². The zero-order valence-corrected chi connectivity index (χ0v) is 12.2. The summed E-state index contributed by atoms with van der Waals surface area (Å²) in [5.74, 6) is 0.00851. The predicted octanol–water partition coefficient (Wildman–Crippen LogP) is 1.10. The Labute approximate surface area is 118 Å². The minimum Gasteiger partial charge on any atom is -0.381 e. The van der Waals surface area contributed by atoms with Gasteiger partial charge in [-0.05, 0) is 18.6 Å². The molecule has 0 atom stereocenters. The molecular formula is C12H17N5O2S. The summed E-state index contributed by atoms with van der Waals surface area (Å²) in [4.78, 5) is 3.92. The molecule has 20 heavy (non-hydrogen) atoms. The lowest BCUT2D eigenvalue weighted by molar-refractivity contribution is 0.590. The van der Waals surface area contributed by atoms with E-state index in [1.54, 1.807) is 23.0 Å². The number of hydrogen-bond donors (Lipinski definition) is 1. The third kappa shape index (κ3) is 2.60. The van der Waals surface area contributed by atoms with Gasteiger partial charge in [-0.3, -0.25) is 14.0 Å². The Morgan fingerprint density at radius 1 is 1.45 bits per heavy atom. The zero-order valence-electron chi connectivity index (χ0n) is 11.4. The van der Waals surface area contributed by atoms with E-state index in [9.17, 15) is 8.42 Å². The van der Waals surface area contributed by atoms with E-state index in [4.69, 9.17) is 5.73 Å². The Bertz CT molecular complexity index is 681. The second-order valence-corrected chi connectivity index (χ2v) is 6.26. The molecule has 2 N–H and O–H groups in total. The standard InChI is InChI=1S/C12H17N5O2S/c1-3-7-17-9-11(12(13)15-17)20(18,19)16(2)10-5-4-6-14-8-10/h4-6,8-9H,3,7H2,1-2H3,(H2,13,15). The molecule has 0 spiro atoms. The normalized spacial score (nSPS) is 11.5. The van der Waals surface area contributed by atoms with Gasteiger partial charge in [-0.25, -0.2) is 8.42 Å². The van der Waals surface area contributed by atoms with Crippen molar-refractivity contribution in [2.45, 2.75) is 24.8 Å². The highest BCUT2D eigenvalue weighted by Crippen LogP contribution is 2.24. The maximum atomic E-state index is 12.5. The van der Waals surface area contributed by atoms with Gasteiger partial charge in [0.1, 0.15) is 4.90 Å². The van der Waals surface area contributed by atoms with Gasteiger partial charge < -0.3 is 5.73 Å². The molecule has 0 aliphatic rings. The predicted molar refractivity (Wildman–Crippen MR) is 76.8 cm³/mol. The number of hydrogen-bond acceptors (Lipinski definition) is 5. The third-order valence-corrected chi connectivity index (χ3v) is 4.66. The lowest BCUT2D eigenvalue weighted by Gasteiger charge is -2.18. The summed E-state index contributed by atoms with van der Waals surface area (Å²) in [6, 6.07) is 3.34. The van der Waals surface area contributed by atoms with Gasteiger partial charge in [0.25, 0.3) is 10.0 Å². The van der Waals surface area contributed by atoms with Crippen LogP contribution in [-0.4, -0.2) is 30.2 Å². The molecule has 2 aromatic heterocycles. The summed E-state index contributed by atoms with van der Waals surface area (Å²) in [6.07, 6.45) is 5.36. The van der Waals surface area contributed by atoms with Crippen LogP contribution >= 0.6 is 0 Å². The molecule has 0 bridgehead atoms. The van der Waals surface area contributed by atoms with Crippen LogP contribution in [0.25, 0.3) is 0 Å². The molecule has 7 nitrogen and oxygen atoms in total. The van der Waals surface area contributed by atoms with E-state index in [0.717, 1.165) is 10.7 Å². The summed E-state index contributed by atoms with van der Waals surface area (Å²) >= 11 is 0. The van der Waals surface area contributed by atoms with E-state index >= 15 is 0 Å². The molecule has 0 fully saturated rings. The molecule has 8 heteroatoms. The molecule has 2 aromatic rings. The molecular weight excluding hydrogens is 278 g/mol. The largest absolute Gasteiger partial charge is 0.381 e. The first kappa shape index (κ1) is 14.3. The van der Waals surface area contributed by atoms with Crippen LogP contribution in [0, 0.1) is 0 Å². The molecule has 0 aliphatic heterocycles. The highest BCUT2D eigenvalue weighted by atomic mass is 32.2. The molecule has 108 valence electrons. The summed E-state index contributed by atoms with van der Waals surface area (Å²) in [7, 11) is -2.27. The Kier molecular flexibility index (Phi) is 3.93. The van der Waals surface area contributed by atoms with Crippen molar-refractivity contribution < 1.29 is 8.42 Å². The van der Waals surface area contributed by atoms with E-state index < -0.39 is 10.0 Å².